The summed E-state index contributed by atoms with van der Waals surface area (Å²) in [5.41, 5.74) is 4.79. The minimum absolute atomic E-state index is 0.0258. The number of hydrogen-bond donors (Lipinski definition) is 1. The fraction of sp³-hybridized carbons (Fsp3) is 0.556. The zero-order valence-corrected chi connectivity index (χ0v) is 13.4. The van der Waals surface area contributed by atoms with Crippen molar-refractivity contribution in [2.75, 3.05) is 0 Å². The zero-order chi connectivity index (χ0) is 15.3. The Morgan fingerprint density at radius 1 is 1.05 bits per heavy atom. The van der Waals surface area contributed by atoms with Crippen LogP contribution in [0.2, 0.25) is 0 Å². The molecule has 3 heteroatoms. The van der Waals surface area contributed by atoms with E-state index >= 15 is 0 Å². The van der Waals surface area contributed by atoms with Gasteiger partial charge in [0.2, 0.25) is 5.91 Å². The first-order chi connectivity index (χ1) is 10.2. The average molecular weight is 288 g/mol. The van der Waals surface area contributed by atoms with Gasteiger partial charge in [-0.3, -0.25) is 4.79 Å². The van der Waals surface area contributed by atoms with Gasteiger partial charge in [0.1, 0.15) is 0 Å². The highest BCUT2D eigenvalue weighted by molar-refractivity contribution is 5.86. The monoisotopic (exact) mass is 288 g/mol. The Labute approximate surface area is 128 Å². The number of carbonyl (C=O) groups is 1. The maximum atomic E-state index is 11.7. The van der Waals surface area contributed by atoms with Gasteiger partial charge < -0.3 is 0 Å². The van der Waals surface area contributed by atoms with E-state index in [1.54, 1.807) is 0 Å². The van der Waals surface area contributed by atoms with E-state index in [4.69, 9.17) is 0 Å². The van der Waals surface area contributed by atoms with Crippen LogP contribution in [0.3, 0.4) is 0 Å². The smallest absolute Gasteiger partial charge is 0.240 e. The summed E-state index contributed by atoms with van der Waals surface area (Å²) in [4.78, 5) is 11.7. The molecule has 0 aromatic heterocycles. The molecule has 1 rings (SSSR count). The molecule has 0 bridgehead atoms. The fourth-order valence-corrected chi connectivity index (χ4v) is 2.21. The van der Waals surface area contributed by atoms with E-state index in [9.17, 15) is 4.79 Å². The van der Waals surface area contributed by atoms with E-state index in [-0.39, 0.29) is 5.91 Å². The van der Waals surface area contributed by atoms with Crippen molar-refractivity contribution in [3.63, 3.8) is 0 Å². The van der Waals surface area contributed by atoms with Crippen LogP contribution in [0.5, 0.6) is 0 Å². The third-order valence-electron chi connectivity index (χ3n) is 3.43. The van der Waals surface area contributed by atoms with Crippen LogP contribution in [0.1, 0.15) is 64.4 Å². The van der Waals surface area contributed by atoms with Crippen molar-refractivity contribution in [1.29, 1.82) is 0 Å². The average Bonchev–Trinajstić information content (AvgIpc) is 2.50. The van der Waals surface area contributed by atoms with E-state index in [0.29, 0.717) is 6.42 Å². The predicted octanol–water partition coefficient (Wildman–Crippen LogP) is 4.47. The van der Waals surface area contributed by atoms with Crippen molar-refractivity contribution in [3.8, 4) is 0 Å². The minimum atomic E-state index is 0.0258. The number of hydrogen-bond acceptors (Lipinski definition) is 2. The van der Waals surface area contributed by atoms with Gasteiger partial charge in [0.25, 0.3) is 0 Å². The molecule has 0 heterocycles. The van der Waals surface area contributed by atoms with Gasteiger partial charge in [-0.25, -0.2) is 5.43 Å². The normalized spacial score (nSPS) is 11.4. The van der Waals surface area contributed by atoms with E-state index < -0.39 is 0 Å². The largest absolute Gasteiger partial charge is 0.273 e. The third-order valence-corrected chi connectivity index (χ3v) is 3.43. The fourth-order valence-electron chi connectivity index (χ4n) is 2.21. The van der Waals surface area contributed by atoms with Crippen LogP contribution in [0.4, 0.5) is 0 Å². The summed E-state index contributed by atoms with van der Waals surface area (Å²) in [7, 11) is 0. The maximum Gasteiger partial charge on any atom is 0.240 e. The first-order valence-corrected chi connectivity index (χ1v) is 8.08. The second kappa shape index (κ2) is 11.1. The van der Waals surface area contributed by atoms with Crippen molar-refractivity contribution < 1.29 is 4.79 Å². The van der Waals surface area contributed by atoms with Crippen molar-refractivity contribution in [2.45, 2.75) is 65.2 Å². The second-order valence-corrected chi connectivity index (χ2v) is 5.56. The van der Waals surface area contributed by atoms with Gasteiger partial charge in [0.05, 0.1) is 0 Å². The number of nitrogens with one attached hydrogen (secondary N) is 1. The summed E-state index contributed by atoms with van der Waals surface area (Å²) in [5.74, 6) is 0.0258. The van der Waals surface area contributed by atoms with Crippen molar-refractivity contribution in [2.24, 2.45) is 5.10 Å². The van der Waals surface area contributed by atoms with E-state index in [1.165, 1.54) is 31.2 Å². The summed E-state index contributed by atoms with van der Waals surface area (Å²) in [6.07, 6.45) is 8.53. The molecule has 0 aliphatic carbocycles. The molecule has 0 saturated carbocycles. The Hall–Kier alpha value is -1.64. The quantitative estimate of drug-likeness (QED) is 0.385. The molecule has 21 heavy (non-hydrogen) atoms. The Balaban J connectivity index is 2.15. The molecule has 0 fully saturated rings. The Morgan fingerprint density at radius 2 is 1.71 bits per heavy atom. The number of rotatable bonds is 10. The number of amides is 1. The van der Waals surface area contributed by atoms with Gasteiger partial charge in [0.15, 0.2) is 0 Å². The standard InChI is InChI=1S/C18H28N2O/c1-3-4-5-6-7-11-14-18(21)20-19-16(2)15-17-12-9-8-10-13-17/h8-10,12-13H,3-7,11,14-15H2,1-2H3,(H,20,21)/b19-16+. The Kier molecular flexibility index (Phi) is 9.18. The van der Waals surface area contributed by atoms with Crippen molar-refractivity contribution >= 4 is 11.6 Å². The number of hydrazone groups is 1. The van der Waals surface area contributed by atoms with Crippen LogP contribution in [-0.4, -0.2) is 11.6 Å². The molecule has 1 aromatic carbocycles. The molecule has 0 radical (unpaired) electrons. The zero-order valence-electron chi connectivity index (χ0n) is 13.4. The van der Waals surface area contributed by atoms with Gasteiger partial charge in [-0.15, -0.1) is 0 Å². The topological polar surface area (TPSA) is 41.5 Å². The summed E-state index contributed by atoms with van der Waals surface area (Å²) < 4.78 is 0. The van der Waals surface area contributed by atoms with Crippen molar-refractivity contribution in [3.05, 3.63) is 35.9 Å². The van der Waals surface area contributed by atoms with Crippen LogP contribution in [0.15, 0.2) is 35.4 Å². The number of nitrogens with zero attached hydrogens (tertiary/aromatic N) is 1. The number of carbonyl (C=O) groups excluding carboxylic acids is 1. The highest BCUT2D eigenvalue weighted by Gasteiger charge is 2.01. The summed E-state index contributed by atoms with van der Waals surface area (Å²) >= 11 is 0. The SMILES string of the molecule is CCCCCCCCC(=O)N/N=C(\C)Cc1ccccc1. The molecule has 0 unspecified atom stereocenters. The molecule has 1 aromatic rings. The molecular formula is C18H28N2O. The van der Waals surface area contributed by atoms with Crippen LogP contribution in [0, 0.1) is 0 Å². The number of benzene rings is 1. The molecule has 3 nitrogen and oxygen atoms in total. The van der Waals surface area contributed by atoms with Crippen molar-refractivity contribution in [1.82, 2.24) is 5.43 Å². The summed E-state index contributed by atoms with van der Waals surface area (Å²) in [6, 6.07) is 10.2. The lowest BCUT2D eigenvalue weighted by Gasteiger charge is -2.03. The van der Waals surface area contributed by atoms with Crippen LogP contribution in [0.25, 0.3) is 0 Å². The highest BCUT2D eigenvalue weighted by atomic mass is 16.2. The molecular weight excluding hydrogens is 260 g/mol. The van der Waals surface area contributed by atoms with Gasteiger partial charge >= 0.3 is 0 Å². The molecule has 1 N–H and O–H groups in total. The molecule has 0 atom stereocenters. The third kappa shape index (κ3) is 9.01. The summed E-state index contributed by atoms with van der Waals surface area (Å²) in [6.45, 7) is 4.15. The Morgan fingerprint density at radius 3 is 2.43 bits per heavy atom. The highest BCUT2D eigenvalue weighted by Crippen LogP contribution is 2.06. The second-order valence-electron chi connectivity index (χ2n) is 5.56. The Bertz CT molecular complexity index is 426. The van der Waals surface area contributed by atoms with E-state index in [2.05, 4.69) is 29.6 Å². The molecule has 0 spiro atoms. The lowest BCUT2D eigenvalue weighted by atomic mass is 10.1. The summed E-state index contributed by atoms with van der Waals surface area (Å²) in [5, 5.41) is 4.16. The lowest BCUT2D eigenvalue weighted by Crippen LogP contribution is -2.19. The molecule has 1 amide bonds. The van der Waals surface area contributed by atoms with E-state index in [1.807, 2.05) is 25.1 Å². The predicted molar refractivity (Wildman–Crippen MR) is 89.4 cm³/mol. The van der Waals surface area contributed by atoms with Crippen LogP contribution >= 0.6 is 0 Å². The molecule has 116 valence electrons. The van der Waals surface area contributed by atoms with Gasteiger partial charge in [0, 0.05) is 18.6 Å². The minimum Gasteiger partial charge on any atom is -0.273 e. The molecule has 0 saturated heterocycles. The van der Waals surface area contributed by atoms with Gasteiger partial charge in [-0.2, -0.15) is 5.10 Å². The van der Waals surface area contributed by atoms with Gasteiger partial charge in [-0.1, -0.05) is 69.4 Å². The maximum absolute atomic E-state index is 11.7. The van der Waals surface area contributed by atoms with Crippen LogP contribution < -0.4 is 5.43 Å². The lowest BCUT2D eigenvalue weighted by molar-refractivity contribution is -0.121. The van der Waals surface area contributed by atoms with Crippen LogP contribution in [-0.2, 0) is 11.2 Å². The first kappa shape index (κ1) is 17.4. The first-order valence-electron chi connectivity index (χ1n) is 8.08. The van der Waals surface area contributed by atoms with E-state index in [0.717, 1.165) is 25.0 Å². The number of unbranched alkanes of at least 4 members (excludes halogenated alkanes) is 5. The molecule has 0 aliphatic rings. The molecule has 0 aliphatic heterocycles. The van der Waals surface area contributed by atoms with Gasteiger partial charge in [-0.05, 0) is 18.9 Å².